The van der Waals surface area contributed by atoms with Gasteiger partial charge in [0.05, 0.1) is 17.6 Å². The van der Waals surface area contributed by atoms with Crippen LogP contribution in [0.3, 0.4) is 0 Å². The average molecular weight is 285 g/mol. The van der Waals surface area contributed by atoms with Gasteiger partial charge in [0.25, 0.3) is 0 Å². The lowest BCUT2D eigenvalue weighted by molar-refractivity contribution is 0.0596. The van der Waals surface area contributed by atoms with Crippen molar-refractivity contribution in [2.24, 2.45) is 0 Å². The normalized spacial score (nSPS) is 11.3. The molecule has 0 radical (unpaired) electrons. The molecule has 0 spiro atoms. The minimum atomic E-state index is -3.68. The van der Waals surface area contributed by atoms with Crippen LogP contribution in [-0.4, -0.2) is 28.0 Å². The number of hydrogen-bond donors (Lipinski definition) is 1. The topological polar surface area (TPSA) is 72.5 Å². The van der Waals surface area contributed by atoms with Gasteiger partial charge in [-0.3, -0.25) is 0 Å². The monoisotopic (exact) mass is 285 g/mol. The smallest absolute Gasteiger partial charge is 0.339 e. The molecule has 0 saturated heterocycles. The van der Waals surface area contributed by atoms with Crippen molar-refractivity contribution in [3.63, 3.8) is 0 Å². The van der Waals surface area contributed by atoms with Crippen LogP contribution in [0.15, 0.2) is 29.2 Å². The number of carbonyl (C=O) groups is 1. The number of methoxy groups -OCH3 is 1. The largest absolute Gasteiger partial charge is 0.465 e. The summed E-state index contributed by atoms with van der Waals surface area (Å²) in [5, 5.41) is 0. The molecule has 0 aliphatic carbocycles. The summed E-state index contributed by atoms with van der Waals surface area (Å²) in [5.41, 5.74) is 0.0491. The van der Waals surface area contributed by atoms with Gasteiger partial charge in [-0.25, -0.2) is 17.9 Å². The summed E-state index contributed by atoms with van der Waals surface area (Å²) in [4.78, 5) is 11.5. The lowest BCUT2D eigenvalue weighted by Gasteiger charge is -2.10. The second-order valence-electron chi connectivity index (χ2n) is 4.09. The van der Waals surface area contributed by atoms with E-state index in [1.54, 1.807) is 12.1 Å². The van der Waals surface area contributed by atoms with Crippen LogP contribution in [0, 0.1) is 0 Å². The summed E-state index contributed by atoms with van der Waals surface area (Å²) in [5.74, 6) is -0.658. The molecule has 0 atom stereocenters. The van der Waals surface area contributed by atoms with Gasteiger partial charge in [-0.1, -0.05) is 31.9 Å². The van der Waals surface area contributed by atoms with Gasteiger partial charge in [0.15, 0.2) is 0 Å². The van der Waals surface area contributed by atoms with Gasteiger partial charge in [0, 0.05) is 6.54 Å². The molecule has 0 saturated carbocycles. The van der Waals surface area contributed by atoms with Crippen molar-refractivity contribution in [1.82, 2.24) is 4.72 Å². The Kier molecular flexibility index (Phi) is 5.98. The van der Waals surface area contributed by atoms with E-state index in [2.05, 4.69) is 9.46 Å². The van der Waals surface area contributed by atoms with Crippen molar-refractivity contribution < 1.29 is 17.9 Å². The third-order valence-electron chi connectivity index (χ3n) is 2.65. The zero-order valence-corrected chi connectivity index (χ0v) is 12.0. The Morgan fingerprint density at radius 2 is 1.95 bits per heavy atom. The number of benzene rings is 1. The van der Waals surface area contributed by atoms with E-state index in [1.165, 1.54) is 19.2 Å². The predicted octanol–water partition coefficient (Wildman–Crippen LogP) is 1.94. The quantitative estimate of drug-likeness (QED) is 0.614. The van der Waals surface area contributed by atoms with Crippen LogP contribution in [0.1, 0.15) is 36.5 Å². The first kappa shape index (κ1) is 15.7. The summed E-state index contributed by atoms with van der Waals surface area (Å²) in [6.45, 7) is 2.41. The SMILES string of the molecule is CCCCCNS(=O)(=O)c1ccccc1C(=O)OC. The highest BCUT2D eigenvalue weighted by molar-refractivity contribution is 7.89. The van der Waals surface area contributed by atoms with Gasteiger partial charge in [-0.2, -0.15) is 0 Å². The molecule has 0 heterocycles. The van der Waals surface area contributed by atoms with E-state index in [9.17, 15) is 13.2 Å². The van der Waals surface area contributed by atoms with Gasteiger partial charge in [-0.15, -0.1) is 0 Å². The molecule has 1 aromatic rings. The Labute approximate surface area is 114 Å². The van der Waals surface area contributed by atoms with Crippen molar-refractivity contribution in [3.8, 4) is 0 Å². The third kappa shape index (κ3) is 4.33. The zero-order valence-electron chi connectivity index (χ0n) is 11.2. The van der Waals surface area contributed by atoms with Crippen LogP contribution in [0.25, 0.3) is 0 Å². The van der Waals surface area contributed by atoms with E-state index >= 15 is 0 Å². The highest BCUT2D eigenvalue weighted by atomic mass is 32.2. The molecule has 1 aromatic carbocycles. The van der Waals surface area contributed by atoms with Gasteiger partial charge in [0.2, 0.25) is 10.0 Å². The molecule has 0 aliphatic heterocycles. The molecule has 5 nitrogen and oxygen atoms in total. The number of esters is 1. The summed E-state index contributed by atoms with van der Waals surface area (Å²) in [6.07, 6.45) is 2.75. The molecular formula is C13H19NO4S. The predicted molar refractivity (Wildman–Crippen MR) is 72.5 cm³/mol. The van der Waals surface area contributed by atoms with E-state index in [-0.39, 0.29) is 10.5 Å². The fourth-order valence-electron chi connectivity index (χ4n) is 1.64. The maximum atomic E-state index is 12.1. The van der Waals surface area contributed by atoms with Crippen LogP contribution in [-0.2, 0) is 14.8 Å². The molecule has 1 rings (SSSR count). The Balaban J connectivity index is 2.92. The summed E-state index contributed by atoms with van der Waals surface area (Å²) in [7, 11) is -2.45. The van der Waals surface area contributed by atoms with Crippen LogP contribution < -0.4 is 4.72 Å². The zero-order chi connectivity index (χ0) is 14.3. The van der Waals surface area contributed by atoms with Gasteiger partial charge >= 0.3 is 5.97 Å². The number of unbranched alkanes of at least 4 members (excludes halogenated alkanes) is 2. The minimum absolute atomic E-state index is 0.0432. The summed E-state index contributed by atoms with van der Waals surface area (Å²) >= 11 is 0. The number of rotatable bonds is 7. The van der Waals surface area contributed by atoms with E-state index in [1.807, 2.05) is 6.92 Å². The average Bonchev–Trinajstić information content (AvgIpc) is 2.43. The van der Waals surface area contributed by atoms with Crippen LogP contribution >= 0.6 is 0 Å². The number of hydrogen-bond acceptors (Lipinski definition) is 4. The molecule has 0 aromatic heterocycles. The van der Waals surface area contributed by atoms with Crippen molar-refractivity contribution >= 4 is 16.0 Å². The molecule has 0 fully saturated rings. The number of ether oxygens (including phenoxy) is 1. The molecule has 6 heteroatoms. The fraction of sp³-hybridized carbons (Fsp3) is 0.462. The first-order valence-corrected chi connectivity index (χ1v) is 7.68. The van der Waals surface area contributed by atoms with E-state index in [0.29, 0.717) is 6.54 Å². The van der Waals surface area contributed by atoms with E-state index in [4.69, 9.17) is 0 Å². The summed E-state index contributed by atoms with van der Waals surface area (Å²) in [6, 6.07) is 6.01. The fourth-order valence-corrected chi connectivity index (χ4v) is 2.91. The molecule has 0 aliphatic rings. The molecule has 106 valence electrons. The maximum Gasteiger partial charge on any atom is 0.339 e. The Morgan fingerprint density at radius 3 is 2.58 bits per heavy atom. The maximum absolute atomic E-state index is 12.1. The molecule has 0 bridgehead atoms. The van der Waals surface area contributed by atoms with Crippen molar-refractivity contribution in [2.45, 2.75) is 31.1 Å². The molecule has 0 unspecified atom stereocenters. The summed E-state index contributed by atoms with van der Waals surface area (Å²) < 4.78 is 31.3. The van der Waals surface area contributed by atoms with Crippen molar-refractivity contribution in [1.29, 1.82) is 0 Å². The number of carbonyl (C=O) groups excluding carboxylic acids is 1. The van der Waals surface area contributed by atoms with Crippen LogP contribution in [0.4, 0.5) is 0 Å². The van der Waals surface area contributed by atoms with Gasteiger partial charge < -0.3 is 4.74 Å². The third-order valence-corrected chi connectivity index (χ3v) is 4.17. The van der Waals surface area contributed by atoms with Crippen LogP contribution in [0.5, 0.6) is 0 Å². The van der Waals surface area contributed by atoms with Gasteiger partial charge in [-0.05, 0) is 18.6 Å². The number of nitrogens with one attached hydrogen (secondary N) is 1. The molecule has 0 amide bonds. The lowest BCUT2D eigenvalue weighted by atomic mass is 10.2. The second-order valence-corrected chi connectivity index (χ2v) is 5.83. The second kappa shape index (κ2) is 7.25. The standard InChI is InChI=1S/C13H19NO4S/c1-3-4-7-10-14-19(16,17)12-9-6-5-8-11(12)13(15)18-2/h5-6,8-9,14H,3-4,7,10H2,1-2H3. The van der Waals surface area contributed by atoms with Crippen LogP contribution in [0.2, 0.25) is 0 Å². The molecule has 1 N–H and O–H groups in total. The molecular weight excluding hydrogens is 266 g/mol. The van der Waals surface area contributed by atoms with E-state index in [0.717, 1.165) is 19.3 Å². The van der Waals surface area contributed by atoms with E-state index < -0.39 is 16.0 Å². The number of sulfonamides is 1. The van der Waals surface area contributed by atoms with Crippen molar-refractivity contribution in [2.75, 3.05) is 13.7 Å². The Hall–Kier alpha value is -1.40. The Bertz CT molecular complexity index is 525. The highest BCUT2D eigenvalue weighted by Gasteiger charge is 2.21. The van der Waals surface area contributed by atoms with Crippen molar-refractivity contribution in [3.05, 3.63) is 29.8 Å². The first-order chi connectivity index (χ1) is 9.03. The highest BCUT2D eigenvalue weighted by Crippen LogP contribution is 2.16. The van der Waals surface area contributed by atoms with Gasteiger partial charge in [0.1, 0.15) is 0 Å². The molecule has 19 heavy (non-hydrogen) atoms. The first-order valence-electron chi connectivity index (χ1n) is 6.20. The minimum Gasteiger partial charge on any atom is -0.465 e. The lowest BCUT2D eigenvalue weighted by Crippen LogP contribution is -2.26. The Morgan fingerprint density at radius 1 is 1.26 bits per heavy atom.